The number of pyridine rings is 2. The van der Waals surface area contributed by atoms with Crippen LogP contribution in [0.15, 0.2) is 24.5 Å². The Kier molecular flexibility index (Phi) is 8.37. The number of aryl methyl sites for hydroxylation is 1. The van der Waals surface area contributed by atoms with Crippen molar-refractivity contribution in [1.82, 2.24) is 29.6 Å². The number of nitrogens with one attached hydrogen (secondary N) is 2. The average Bonchev–Trinajstić information content (AvgIpc) is 2.78. The van der Waals surface area contributed by atoms with Gasteiger partial charge in [-0.15, -0.1) is 0 Å². The van der Waals surface area contributed by atoms with E-state index < -0.39 is 11.3 Å². The minimum Gasteiger partial charge on any atom is -0.490 e. The SMILES string of the molecule is COCCOc1cnc(Nc2cnc(OC)c(CNS(=O)O)c2)c(-c2nc(C)nc(N)n2)c1. The summed E-state index contributed by atoms with van der Waals surface area (Å²) in [6, 6.07) is 3.45. The number of methoxy groups -OCH3 is 2. The summed E-state index contributed by atoms with van der Waals surface area (Å²) in [5.41, 5.74) is 7.45. The summed E-state index contributed by atoms with van der Waals surface area (Å²) in [7, 11) is 3.05. The van der Waals surface area contributed by atoms with Gasteiger partial charge in [0.15, 0.2) is 5.82 Å². The van der Waals surface area contributed by atoms with E-state index in [0.29, 0.717) is 59.1 Å². The van der Waals surface area contributed by atoms with Crippen molar-refractivity contribution in [3.05, 3.63) is 35.9 Å². The second kappa shape index (κ2) is 11.4. The highest BCUT2D eigenvalue weighted by Gasteiger charge is 2.15. The predicted molar refractivity (Wildman–Crippen MR) is 121 cm³/mol. The maximum absolute atomic E-state index is 11.0. The molecule has 3 heterocycles. The van der Waals surface area contributed by atoms with Crippen molar-refractivity contribution in [2.75, 3.05) is 38.5 Å². The maximum Gasteiger partial charge on any atom is 0.232 e. The smallest absolute Gasteiger partial charge is 0.232 e. The highest BCUT2D eigenvalue weighted by molar-refractivity contribution is 7.77. The van der Waals surface area contributed by atoms with Crippen molar-refractivity contribution in [3.63, 3.8) is 0 Å². The van der Waals surface area contributed by atoms with Crippen LogP contribution in [0.1, 0.15) is 11.4 Å². The van der Waals surface area contributed by atoms with E-state index in [4.69, 9.17) is 24.5 Å². The minimum atomic E-state index is -2.18. The molecule has 176 valence electrons. The molecule has 14 heteroatoms. The predicted octanol–water partition coefficient (Wildman–Crippen LogP) is 1.22. The summed E-state index contributed by atoms with van der Waals surface area (Å²) in [5.74, 6) is 2.06. The molecule has 0 aliphatic heterocycles. The fourth-order valence-electron chi connectivity index (χ4n) is 2.81. The Bertz CT molecular complexity index is 1110. The molecule has 0 bridgehead atoms. The monoisotopic (exact) mass is 476 g/mol. The summed E-state index contributed by atoms with van der Waals surface area (Å²) in [6.45, 7) is 2.53. The quantitative estimate of drug-likeness (QED) is 0.230. The van der Waals surface area contributed by atoms with E-state index in [1.165, 1.54) is 7.11 Å². The third-order valence-electron chi connectivity index (χ3n) is 4.19. The van der Waals surface area contributed by atoms with Crippen molar-refractivity contribution in [3.8, 4) is 23.0 Å². The molecule has 5 N–H and O–H groups in total. The normalized spacial score (nSPS) is 11.8. The topological polar surface area (TPSA) is 180 Å². The van der Waals surface area contributed by atoms with Gasteiger partial charge in [-0.3, -0.25) is 4.55 Å². The largest absolute Gasteiger partial charge is 0.490 e. The van der Waals surface area contributed by atoms with Gasteiger partial charge in [0.05, 0.1) is 37.4 Å². The van der Waals surface area contributed by atoms with Crippen LogP contribution in [0.25, 0.3) is 11.4 Å². The summed E-state index contributed by atoms with van der Waals surface area (Å²) in [4.78, 5) is 21.3. The Balaban J connectivity index is 1.98. The molecule has 3 aromatic heterocycles. The van der Waals surface area contributed by atoms with E-state index >= 15 is 0 Å². The van der Waals surface area contributed by atoms with Gasteiger partial charge in [0.1, 0.15) is 24.0 Å². The number of nitrogens with two attached hydrogens (primary N) is 1. The first-order valence-electron chi connectivity index (χ1n) is 9.64. The van der Waals surface area contributed by atoms with E-state index in [-0.39, 0.29) is 12.5 Å². The number of ether oxygens (including phenoxy) is 3. The number of hydrogen-bond donors (Lipinski definition) is 4. The van der Waals surface area contributed by atoms with E-state index in [2.05, 4.69) is 35.0 Å². The van der Waals surface area contributed by atoms with Crippen LogP contribution in [0.5, 0.6) is 11.6 Å². The molecule has 3 aromatic rings. The van der Waals surface area contributed by atoms with Crippen LogP contribution in [0, 0.1) is 6.92 Å². The average molecular weight is 477 g/mol. The van der Waals surface area contributed by atoms with E-state index in [0.717, 1.165) is 0 Å². The van der Waals surface area contributed by atoms with E-state index in [1.807, 2.05) is 0 Å². The Morgan fingerprint density at radius 2 is 1.94 bits per heavy atom. The Morgan fingerprint density at radius 3 is 2.64 bits per heavy atom. The van der Waals surface area contributed by atoms with Crippen LogP contribution in [-0.2, 0) is 22.5 Å². The van der Waals surface area contributed by atoms with Gasteiger partial charge < -0.3 is 25.3 Å². The van der Waals surface area contributed by atoms with Gasteiger partial charge in [-0.1, -0.05) is 0 Å². The number of hydrogen-bond acceptors (Lipinski definition) is 11. The lowest BCUT2D eigenvalue weighted by Gasteiger charge is -2.14. The Morgan fingerprint density at radius 1 is 1.12 bits per heavy atom. The van der Waals surface area contributed by atoms with Crippen LogP contribution < -0.4 is 25.2 Å². The number of aromatic nitrogens is 5. The Hall–Kier alpha value is -3.46. The molecule has 0 saturated carbocycles. The fourth-order valence-corrected chi connectivity index (χ4v) is 3.09. The maximum atomic E-state index is 11.0. The second-order valence-corrected chi connectivity index (χ2v) is 7.35. The van der Waals surface area contributed by atoms with Gasteiger partial charge >= 0.3 is 0 Å². The number of rotatable bonds is 11. The molecule has 0 aliphatic rings. The zero-order valence-corrected chi connectivity index (χ0v) is 19.0. The lowest BCUT2D eigenvalue weighted by Crippen LogP contribution is -2.16. The molecule has 1 unspecified atom stereocenters. The molecule has 0 spiro atoms. The number of nitrogen functional groups attached to an aromatic ring is 1. The van der Waals surface area contributed by atoms with Crippen molar-refractivity contribution < 1.29 is 23.0 Å². The molecule has 3 rings (SSSR count). The third kappa shape index (κ3) is 6.76. The minimum absolute atomic E-state index is 0.0601. The van der Waals surface area contributed by atoms with E-state index in [9.17, 15) is 4.21 Å². The van der Waals surface area contributed by atoms with Gasteiger partial charge in [0.2, 0.25) is 23.1 Å². The summed E-state index contributed by atoms with van der Waals surface area (Å²) >= 11 is -2.18. The molecule has 0 saturated heterocycles. The van der Waals surface area contributed by atoms with Crippen molar-refractivity contribution >= 4 is 28.7 Å². The number of nitrogens with zero attached hydrogens (tertiary/aromatic N) is 5. The number of anilines is 3. The molecule has 0 radical (unpaired) electrons. The Labute approximate surface area is 192 Å². The highest BCUT2D eigenvalue weighted by Crippen LogP contribution is 2.31. The molecular weight excluding hydrogens is 452 g/mol. The first kappa shape index (κ1) is 24.2. The van der Waals surface area contributed by atoms with Gasteiger partial charge in [0, 0.05) is 19.2 Å². The van der Waals surface area contributed by atoms with Crippen LogP contribution in [0.2, 0.25) is 0 Å². The summed E-state index contributed by atoms with van der Waals surface area (Å²) in [5, 5.41) is 3.17. The standard InChI is InChI=1S/C19H24N8O5S/c1-11-24-17(27-19(20)25-11)15-7-14(32-5-4-30-2)10-21-16(15)26-13-6-12(8-23-33(28)29)18(31-3)22-9-13/h6-7,9-10,23H,4-5,8H2,1-3H3,(H,21,26)(H,28,29)(H2,20,24,25,27). The lowest BCUT2D eigenvalue weighted by molar-refractivity contribution is 0.146. The molecule has 1 atom stereocenters. The molecule has 0 aromatic carbocycles. The van der Waals surface area contributed by atoms with E-state index in [1.54, 1.807) is 38.6 Å². The van der Waals surface area contributed by atoms with Crippen molar-refractivity contribution in [1.29, 1.82) is 0 Å². The molecule has 13 nitrogen and oxygen atoms in total. The molecule has 0 aliphatic carbocycles. The molecule has 0 fully saturated rings. The first-order chi connectivity index (χ1) is 15.9. The van der Waals surface area contributed by atoms with Crippen LogP contribution in [0.3, 0.4) is 0 Å². The van der Waals surface area contributed by atoms with Crippen LogP contribution in [0.4, 0.5) is 17.5 Å². The van der Waals surface area contributed by atoms with Crippen molar-refractivity contribution in [2.45, 2.75) is 13.5 Å². The third-order valence-corrected chi connectivity index (χ3v) is 4.58. The van der Waals surface area contributed by atoms with Gasteiger partial charge in [0.25, 0.3) is 0 Å². The molecule has 33 heavy (non-hydrogen) atoms. The van der Waals surface area contributed by atoms with Gasteiger partial charge in [-0.25, -0.2) is 23.9 Å². The summed E-state index contributed by atoms with van der Waals surface area (Å²) in [6.07, 6.45) is 3.09. The zero-order chi connectivity index (χ0) is 23.8. The van der Waals surface area contributed by atoms with Gasteiger partial charge in [-0.2, -0.15) is 9.97 Å². The van der Waals surface area contributed by atoms with Crippen molar-refractivity contribution in [2.24, 2.45) is 0 Å². The fraction of sp³-hybridized carbons (Fsp3) is 0.316. The zero-order valence-electron chi connectivity index (χ0n) is 18.2. The van der Waals surface area contributed by atoms with Crippen LogP contribution in [-0.4, -0.2) is 61.1 Å². The second-order valence-electron chi connectivity index (χ2n) is 6.56. The molecular formula is C19H24N8O5S. The summed E-state index contributed by atoms with van der Waals surface area (Å²) < 4.78 is 38.3. The van der Waals surface area contributed by atoms with Crippen LogP contribution >= 0.6 is 0 Å². The first-order valence-corrected chi connectivity index (χ1v) is 10.7. The molecule has 0 amide bonds. The highest BCUT2D eigenvalue weighted by atomic mass is 32.2. The van der Waals surface area contributed by atoms with Gasteiger partial charge in [-0.05, 0) is 19.1 Å². The lowest BCUT2D eigenvalue weighted by atomic mass is 10.2.